The zero-order valence-corrected chi connectivity index (χ0v) is 18.8. The molecule has 1 aliphatic carbocycles. The molecule has 2 atom stereocenters. The van der Waals surface area contributed by atoms with Crippen molar-refractivity contribution < 1.29 is 4.74 Å². The van der Waals surface area contributed by atoms with Crippen LogP contribution < -0.4 is 10.1 Å². The van der Waals surface area contributed by atoms with Gasteiger partial charge in [-0.2, -0.15) is 0 Å². The monoisotopic (exact) mass is 432 g/mol. The average molecular weight is 433 g/mol. The lowest BCUT2D eigenvalue weighted by Crippen LogP contribution is -2.38. The molecule has 5 rings (SSSR count). The second-order valence-corrected chi connectivity index (χ2v) is 8.79. The van der Waals surface area contributed by atoms with Crippen molar-refractivity contribution in [2.24, 2.45) is 0 Å². The standard InChI is InChI=1S/C25H28N4OS/c1-17-10-15-22(28(17)19-11-13-20(30-2)14-12-19)24-23(21-9-5-6-16-26-21)27-25(31)29(24)18-7-3-4-8-18/h5-6,9-16,18,23-24H,3-4,7-8H2,1-2H3,(H,27,31)/t23-,24-/m0/s1. The summed E-state index contributed by atoms with van der Waals surface area (Å²) in [5.74, 6) is 0.859. The van der Waals surface area contributed by atoms with Crippen molar-refractivity contribution in [3.63, 3.8) is 0 Å². The van der Waals surface area contributed by atoms with Gasteiger partial charge < -0.3 is 19.5 Å². The van der Waals surface area contributed by atoms with Crippen LogP contribution in [0.2, 0.25) is 0 Å². The summed E-state index contributed by atoms with van der Waals surface area (Å²) in [7, 11) is 1.70. The summed E-state index contributed by atoms with van der Waals surface area (Å²) in [6.07, 6.45) is 6.78. The quantitative estimate of drug-likeness (QED) is 0.568. The fourth-order valence-electron chi connectivity index (χ4n) is 5.13. The van der Waals surface area contributed by atoms with Gasteiger partial charge in [0, 0.05) is 29.3 Å². The second kappa shape index (κ2) is 8.35. The summed E-state index contributed by atoms with van der Waals surface area (Å²) in [5.41, 5.74) is 4.58. The topological polar surface area (TPSA) is 42.3 Å². The highest BCUT2D eigenvalue weighted by molar-refractivity contribution is 7.80. The molecular weight excluding hydrogens is 404 g/mol. The molecule has 1 saturated heterocycles. The third-order valence-electron chi connectivity index (χ3n) is 6.59. The van der Waals surface area contributed by atoms with Gasteiger partial charge in [0.15, 0.2) is 5.11 Å². The first kappa shape index (κ1) is 20.1. The van der Waals surface area contributed by atoms with Crippen molar-refractivity contribution >= 4 is 17.3 Å². The van der Waals surface area contributed by atoms with E-state index in [-0.39, 0.29) is 12.1 Å². The lowest BCUT2D eigenvalue weighted by molar-refractivity contribution is 0.239. The molecule has 0 spiro atoms. The Labute approximate surface area is 189 Å². The molecule has 1 aromatic carbocycles. The fourth-order valence-corrected chi connectivity index (χ4v) is 5.52. The summed E-state index contributed by atoms with van der Waals surface area (Å²) in [6, 6.07) is 19.4. The molecule has 160 valence electrons. The van der Waals surface area contributed by atoms with Crippen LogP contribution in [-0.2, 0) is 0 Å². The van der Waals surface area contributed by atoms with Crippen LogP contribution in [0.5, 0.6) is 5.75 Å². The lowest BCUT2D eigenvalue weighted by atomic mass is 9.99. The summed E-state index contributed by atoms with van der Waals surface area (Å²) >= 11 is 5.89. The molecule has 3 aromatic rings. The number of benzene rings is 1. The minimum absolute atomic E-state index is 0.0144. The van der Waals surface area contributed by atoms with Crippen LogP contribution in [0.3, 0.4) is 0 Å². The van der Waals surface area contributed by atoms with Crippen LogP contribution in [0.1, 0.15) is 54.8 Å². The molecule has 2 aromatic heterocycles. The van der Waals surface area contributed by atoms with Crippen LogP contribution in [-0.4, -0.2) is 32.7 Å². The Kier molecular flexibility index (Phi) is 5.40. The molecule has 0 radical (unpaired) electrons. The van der Waals surface area contributed by atoms with E-state index in [2.05, 4.69) is 63.1 Å². The maximum Gasteiger partial charge on any atom is 0.170 e. The smallest absolute Gasteiger partial charge is 0.170 e. The number of pyridine rings is 1. The largest absolute Gasteiger partial charge is 0.497 e. The summed E-state index contributed by atoms with van der Waals surface area (Å²) in [5, 5.41) is 4.45. The number of aromatic nitrogens is 2. The fraction of sp³-hybridized carbons (Fsp3) is 0.360. The number of aryl methyl sites for hydroxylation is 1. The van der Waals surface area contributed by atoms with Crippen molar-refractivity contribution in [1.29, 1.82) is 0 Å². The van der Waals surface area contributed by atoms with E-state index in [1.54, 1.807) is 7.11 Å². The Bertz CT molecular complexity index is 1060. The Morgan fingerprint density at radius 1 is 1.03 bits per heavy atom. The Hall–Kier alpha value is -2.86. The number of hydrogen-bond acceptors (Lipinski definition) is 3. The molecule has 0 unspecified atom stereocenters. The zero-order chi connectivity index (χ0) is 21.4. The number of nitrogens with one attached hydrogen (secondary N) is 1. The number of methoxy groups -OCH3 is 1. The number of nitrogens with zero attached hydrogens (tertiary/aromatic N) is 3. The van der Waals surface area contributed by atoms with Crippen molar-refractivity contribution in [2.45, 2.75) is 50.7 Å². The summed E-state index contributed by atoms with van der Waals surface area (Å²) < 4.78 is 7.71. The van der Waals surface area contributed by atoms with Gasteiger partial charge in [-0.25, -0.2) is 0 Å². The van der Waals surface area contributed by atoms with E-state index < -0.39 is 0 Å². The van der Waals surface area contributed by atoms with Crippen molar-refractivity contribution in [2.75, 3.05) is 7.11 Å². The molecule has 1 aliphatic heterocycles. The zero-order valence-electron chi connectivity index (χ0n) is 18.0. The van der Waals surface area contributed by atoms with Crippen LogP contribution in [0, 0.1) is 6.92 Å². The van der Waals surface area contributed by atoms with E-state index in [0.29, 0.717) is 6.04 Å². The molecule has 6 heteroatoms. The number of hydrogen-bond donors (Lipinski definition) is 1. The predicted molar refractivity (Wildman–Crippen MR) is 127 cm³/mol. The number of thiocarbonyl (C=S) groups is 1. The van der Waals surface area contributed by atoms with Gasteiger partial charge in [-0.15, -0.1) is 0 Å². The molecule has 0 bridgehead atoms. The molecule has 1 N–H and O–H groups in total. The molecule has 1 saturated carbocycles. The van der Waals surface area contributed by atoms with Gasteiger partial charge in [-0.05, 0) is 80.5 Å². The predicted octanol–water partition coefficient (Wildman–Crippen LogP) is 5.10. The second-order valence-electron chi connectivity index (χ2n) is 8.41. The highest BCUT2D eigenvalue weighted by Gasteiger charge is 2.45. The van der Waals surface area contributed by atoms with Gasteiger partial charge in [0.2, 0.25) is 0 Å². The Balaban J connectivity index is 1.63. The van der Waals surface area contributed by atoms with E-state index >= 15 is 0 Å². The molecule has 0 amide bonds. The minimum atomic E-state index is 0.0144. The first-order chi connectivity index (χ1) is 15.2. The van der Waals surface area contributed by atoms with Gasteiger partial charge in [0.05, 0.1) is 24.9 Å². The normalized spacial score (nSPS) is 21.5. The van der Waals surface area contributed by atoms with E-state index in [1.165, 1.54) is 37.1 Å². The number of rotatable bonds is 5. The third kappa shape index (κ3) is 3.59. The van der Waals surface area contributed by atoms with E-state index in [1.807, 2.05) is 24.4 Å². The van der Waals surface area contributed by atoms with Crippen LogP contribution >= 0.6 is 12.2 Å². The van der Waals surface area contributed by atoms with Crippen LogP contribution in [0.15, 0.2) is 60.8 Å². The summed E-state index contributed by atoms with van der Waals surface area (Å²) in [4.78, 5) is 7.14. The van der Waals surface area contributed by atoms with Gasteiger partial charge in [0.25, 0.3) is 0 Å². The Morgan fingerprint density at radius 3 is 2.48 bits per heavy atom. The first-order valence-electron chi connectivity index (χ1n) is 11.0. The van der Waals surface area contributed by atoms with Crippen molar-refractivity contribution in [3.05, 3.63) is 77.9 Å². The number of ether oxygens (including phenoxy) is 1. The van der Waals surface area contributed by atoms with Gasteiger partial charge in [0.1, 0.15) is 5.75 Å². The molecule has 2 aliphatic rings. The SMILES string of the molecule is COc1ccc(-n2c(C)ccc2[C@H]2[C@H](c3ccccn3)NC(=S)N2C2CCCC2)cc1. The summed E-state index contributed by atoms with van der Waals surface area (Å²) in [6.45, 7) is 2.16. The van der Waals surface area contributed by atoms with Crippen molar-refractivity contribution in [1.82, 2.24) is 19.8 Å². The van der Waals surface area contributed by atoms with Gasteiger partial charge in [-0.3, -0.25) is 4.98 Å². The Morgan fingerprint density at radius 2 is 1.81 bits per heavy atom. The maximum absolute atomic E-state index is 5.89. The van der Waals surface area contributed by atoms with Gasteiger partial charge in [-0.1, -0.05) is 18.9 Å². The lowest BCUT2D eigenvalue weighted by Gasteiger charge is -2.33. The highest BCUT2D eigenvalue weighted by Crippen LogP contribution is 2.43. The maximum atomic E-state index is 5.89. The third-order valence-corrected chi connectivity index (χ3v) is 6.92. The molecule has 2 fully saturated rings. The van der Waals surface area contributed by atoms with E-state index in [0.717, 1.165) is 22.2 Å². The van der Waals surface area contributed by atoms with E-state index in [9.17, 15) is 0 Å². The minimum Gasteiger partial charge on any atom is -0.497 e. The molecular formula is C25H28N4OS. The first-order valence-corrected chi connectivity index (χ1v) is 11.4. The average Bonchev–Trinajstić information content (AvgIpc) is 3.53. The molecule has 3 heterocycles. The molecule has 5 nitrogen and oxygen atoms in total. The van der Waals surface area contributed by atoms with Crippen molar-refractivity contribution in [3.8, 4) is 11.4 Å². The molecule has 31 heavy (non-hydrogen) atoms. The van der Waals surface area contributed by atoms with Crippen LogP contribution in [0.4, 0.5) is 0 Å². The van der Waals surface area contributed by atoms with Crippen LogP contribution in [0.25, 0.3) is 5.69 Å². The highest BCUT2D eigenvalue weighted by atomic mass is 32.1. The van der Waals surface area contributed by atoms with E-state index in [4.69, 9.17) is 17.0 Å². The van der Waals surface area contributed by atoms with Gasteiger partial charge >= 0.3 is 0 Å².